The number of nitrogens with zero attached hydrogens (tertiary/aromatic N) is 5. The number of aromatic nitrogens is 4. The second-order valence-corrected chi connectivity index (χ2v) is 4.78. The summed E-state index contributed by atoms with van der Waals surface area (Å²) >= 11 is 0. The van der Waals surface area contributed by atoms with Crippen molar-refractivity contribution in [1.29, 1.82) is 0 Å². The number of nitrogens with two attached hydrogens (primary N) is 1. The highest BCUT2D eigenvalue weighted by atomic mass is 35.5. The molecule has 23 heavy (non-hydrogen) atoms. The van der Waals surface area contributed by atoms with E-state index in [9.17, 15) is 18.0 Å². The molecule has 1 amide bonds. The lowest BCUT2D eigenvalue weighted by Gasteiger charge is -2.28. The first kappa shape index (κ1) is 17.0. The minimum Gasteiger partial charge on any atom is -0.398 e. The number of nitrogen functional groups attached to an aromatic ring is 1. The molecule has 2 aromatic heterocycles. The second kappa shape index (κ2) is 6.03. The fourth-order valence-corrected chi connectivity index (χ4v) is 2.30. The molecular formula is C12H12ClF3N6O. The summed E-state index contributed by atoms with van der Waals surface area (Å²) in [4.78, 5) is 17.6. The van der Waals surface area contributed by atoms with Crippen molar-refractivity contribution in [3.05, 3.63) is 35.7 Å². The Balaban J connectivity index is 0.00000192. The zero-order valence-corrected chi connectivity index (χ0v) is 12.4. The van der Waals surface area contributed by atoms with Crippen LogP contribution in [0.2, 0.25) is 0 Å². The number of amides is 1. The monoisotopic (exact) mass is 348 g/mol. The van der Waals surface area contributed by atoms with E-state index in [0.717, 1.165) is 4.57 Å². The van der Waals surface area contributed by atoms with E-state index in [1.807, 2.05) is 0 Å². The highest BCUT2D eigenvalue weighted by Crippen LogP contribution is 2.29. The lowest BCUT2D eigenvalue weighted by molar-refractivity contribution is -0.147. The zero-order chi connectivity index (χ0) is 15.9. The summed E-state index contributed by atoms with van der Waals surface area (Å²) in [6.45, 7) is 0.0284. The van der Waals surface area contributed by atoms with Crippen molar-refractivity contribution >= 4 is 24.0 Å². The van der Waals surface area contributed by atoms with Gasteiger partial charge in [-0.2, -0.15) is 13.2 Å². The van der Waals surface area contributed by atoms with Gasteiger partial charge in [0.1, 0.15) is 0 Å². The van der Waals surface area contributed by atoms with Crippen LogP contribution >= 0.6 is 12.4 Å². The summed E-state index contributed by atoms with van der Waals surface area (Å²) in [7, 11) is 0. The molecule has 0 bridgehead atoms. The van der Waals surface area contributed by atoms with E-state index >= 15 is 0 Å². The average Bonchev–Trinajstić information content (AvgIpc) is 2.90. The number of carbonyl (C=O) groups is 1. The van der Waals surface area contributed by atoms with Crippen molar-refractivity contribution in [3.63, 3.8) is 0 Å². The Morgan fingerprint density at radius 3 is 2.65 bits per heavy atom. The number of pyridine rings is 1. The van der Waals surface area contributed by atoms with E-state index in [1.54, 1.807) is 0 Å². The Morgan fingerprint density at radius 2 is 2.00 bits per heavy atom. The topological polar surface area (TPSA) is 89.9 Å². The Hall–Kier alpha value is -2.36. The maximum atomic E-state index is 12.8. The smallest absolute Gasteiger partial charge is 0.398 e. The molecule has 0 radical (unpaired) electrons. The van der Waals surface area contributed by atoms with Gasteiger partial charge in [0.05, 0.1) is 12.1 Å². The van der Waals surface area contributed by atoms with Gasteiger partial charge in [0.15, 0.2) is 5.82 Å². The zero-order valence-electron chi connectivity index (χ0n) is 11.6. The van der Waals surface area contributed by atoms with Gasteiger partial charge in [-0.15, -0.1) is 22.6 Å². The second-order valence-electron chi connectivity index (χ2n) is 4.78. The first-order valence-corrected chi connectivity index (χ1v) is 6.36. The van der Waals surface area contributed by atoms with Gasteiger partial charge in [-0.1, -0.05) is 0 Å². The van der Waals surface area contributed by atoms with Gasteiger partial charge in [-0.3, -0.25) is 9.78 Å². The standard InChI is InChI=1S/C12H11F3N6O.ClH/c13-12(14,15)11-19-18-9-6-20(3-4-21(9)11)10(22)7-5-17-2-1-8(7)16;/h1-2,5H,3-4,6H2,(H2,16,17);1H. The van der Waals surface area contributed by atoms with Crippen molar-refractivity contribution in [2.45, 2.75) is 19.3 Å². The van der Waals surface area contributed by atoms with Gasteiger partial charge in [-0.25, -0.2) is 0 Å². The number of hydrogen-bond acceptors (Lipinski definition) is 5. The van der Waals surface area contributed by atoms with Crippen LogP contribution in [-0.2, 0) is 19.3 Å². The van der Waals surface area contributed by atoms with Crippen molar-refractivity contribution in [2.24, 2.45) is 0 Å². The highest BCUT2D eigenvalue weighted by Gasteiger charge is 2.40. The summed E-state index contributed by atoms with van der Waals surface area (Å²) < 4.78 is 39.2. The fourth-order valence-electron chi connectivity index (χ4n) is 2.30. The van der Waals surface area contributed by atoms with E-state index in [1.165, 1.54) is 23.4 Å². The van der Waals surface area contributed by atoms with Gasteiger partial charge < -0.3 is 15.2 Å². The number of carbonyl (C=O) groups excluding carboxylic acids is 1. The molecule has 0 atom stereocenters. The number of halogens is 4. The summed E-state index contributed by atoms with van der Waals surface area (Å²) in [6, 6.07) is 1.49. The van der Waals surface area contributed by atoms with Crippen molar-refractivity contribution in [3.8, 4) is 0 Å². The molecular weight excluding hydrogens is 337 g/mol. The van der Waals surface area contributed by atoms with E-state index < -0.39 is 17.9 Å². The molecule has 2 aromatic rings. The third-order valence-electron chi connectivity index (χ3n) is 3.38. The summed E-state index contributed by atoms with van der Waals surface area (Å²) in [5.74, 6) is -1.35. The Bertz CT molecular complexity index is 732. The first-order valence-electron chi connectivity index (χ1n) is 6.36. The molecule has 0 fully saturated rings. The molecule has 0 saturated carbocycles. The number of anilines is 1. The van der Waals surface area contributed by atoms with Crippen LogP contribution in [0.5, 0.6) is 0 Å². The van der Waals surface area contributed by atoms with Gasteiger partial charge in [-0.05, 0) is 6.07 Å². The number of rotatable bonds is 1. The molecule has 0 spiro atoms. The Labute approximate surface area is 134 Å². The molecule has 11 heteroatoms. The summed E-state index contributed by atoms with van der Waals surface area (Å²) in [5.41, 5.74) is 6.20. The van der Waals surface area contributed by atoms with Crippen LogP contribution in [0.3, 0.4) is 0 Å². The van der Waals surface area contributed by atoms with Crippen molar-refractivity contribution < 1.29 is 18.0 Å². The van der Waals surface area contributed by atoms with Crippen LogP contribution in [-0.4, -0.2) is 37.1 Å². The van der Waals surface area contributed by atoms with Crippen LogP contribution < -0.4 is 5.73 Å². The number of hydrogen-bond donors (Lipinski definition) is 1. The Morgan fingerprint density at radius 1 is 1.26 bits per heavy atom. The lowest BCUT2D eigenvalue weighted by Crippen LogP contribution is -2.39. The van der Waals surface area contributed by atoms with Gasteiger partial charge in [0.25, 0.3) is 5.91 Å². The highest BCUT2D eigenvalue weighted by molar-refractivity contribution is 5.98. The predicted molar refractivity (Wildman–Crippen MR) is 75.7 cm³/mol. The van der Waals surface area contributed by atoms with Crippen LogP contribution in [0.1, 0.15) is 22.0 Å². The molecule has 0 saturated heterocycles. The van der Waals surface area contributed by atoms with Crippen molar-refractivity contribution in [1.82, 2.24) is 24.6 Å². The van der Waals surface area contributed by atoms with Crippen LogP contribution in [0.4, 0.5) is 18.9 Å². The van der Waals surface area contributed by atoms with E-state index in [4.69, 9.17) is 5.73 Å². The van der Waals surface area contributed by atoms with E-state index in [-0.39, 0.29) is 49.1 Å². The van der Waals surface area contributed by atoms with Crippen LogP contribution in [0, 0.1) is 0 Å². The van der Waals surface area contributed by atoms with Gasteiger partial charge >= 0.3 is 6.18 Å². The predicted octanol–water partition coefficient (Wildman–Crippen LogP) is 1.35. The van der Waals surface area contributed by atoms with Gasteiger partial charge in [0, 0.05) is 31.2 Å². The summed E-state index contributed by atoms with van der Waals surface area (Å²) in [6.07, 6.45) is -1.78. The van der Waals surface area contributed by atoms with Crippen LogP contribution in [0.25, 0.3) is 0 Å². The number of fused-ring (bicyclic) bond motifs is 1. The average molecular weight is 349 g/mol. The molecule has 0 unspecified atom stereocenters. The quantitative estimate of drug-likeness (QED) is 0.840. The maximum Gasteiger partial charge on any atom is 0.451 e. The SMILES string of the molecule is Cl.Nc1ccncc1C(=O)N1CCn2c(nnc2C(F)(F)F)C1. The largest absolute Gasteiger partial charge is 0.451 e. The molecule has 7 nitrogen and oxygen atoms in total. The molecule has 0 aliphatic carbocycles. The van der Waals surface area contributed by atoms with Crippen LogP contribution in [0.15, 0.2) is 18.5 Å². The Kier molecular flexibility index (Phi) is 4.46. The maximum absolute atomic E-state index is 12.8. The van der Waals surface area contributed by atoms with E-state index in [0.29, 0.717) is 0 Å². The third kappa shape index (κ3) is 3.07. The molecule has 124 valence electrons. The lowest BCUT2D eigenvalue weighted by atomic mass is 10.2. The van der Waals surface area contributed by atoms with E-state index in [2.05, 4.69) is 15.2 Å². The molecule has 2 N–H and O–H groups in total. The normalized spacial score (nSPS) is 14.1. The molecule has 3 heterocycles. The molecule has 1 aliphatic heterocycles. The molecule has 1 aliphatic rings. The fraction of sp³-hybridized carbons (Fsp3) is 0.333. The third-order valence-corrected chi connectivity index (χ3v) is 3.38. The van der Waals surface area contributed by atoms with Crippen molar-refractivity contribution in [2.75, 3.05) is 12.3 Å². The number of alkyl halides is 3. The minimum absolute atomic E-state index is 0. The molecule has 3 rings (SSSR count). The first-order chi connectivity index (χ1) is 10.4. The summed E-state index contributed by atoms with van der Waals surface area (Å²) in [5, 5.41) is 6.69. The molecule has 0 aromatic carbocycles. The van der Waals surface area contributed by atoms with Gasteiger partial charge in [0.2, 0.25) is 5.82 Å². The minimum atomic E-state index is -4.56.